The fourth-order valence-electron chi connectivity index (χ4n) is 4.97. The summed E-state index contributed by atoms with van der Waals surface area (Å²) < 4.78 is 9.24. The van der Waals surface area contributed by atoms with Gasteiger partial charge in [0.05, 0.1) is 29.7 Å². The molecule has 2 aliphatic heterocycles. The number of hydrogen-bond acceptors (Lipinski definition) is 6. The molecule has 9 nitrogen and oxygen atoms in total. The molecule has 4 aromatic rings. The third-order valence-corrected chi connectivity index (χ3v) is 6.69. The molecule has 2 aromatic heterocycles. The van der Waals surface area contributed by atoms with Gasteiger partial charge in [-0.2, -0.15) is 0 Å². The number of tetrazole rings is 1. The number of likely N-dealkylation sites (tertiary alicyclic amines) is 1. The van der Waals surface area contributed by atoms with E-state index in [1.165, 1.54) is 12.0 Å². The lowest BCUT2D eigenvalue weighted by Crippen LogP contribution is -2.51. The van der Waals surface area contributed by atoms with Crippen LogP contribution in [0.3, 0.4) is 0 Å². The molecule has 1 N–H and O–H groups in total. The van der Waals surface area contributed by atoms with Crippen LogP contribution in [0, 0.1) is 0 Å². The first-order valence-electron chi connectivity index (χ1n) is 10.9. The number of nitrogens with one attached hydrogen (secondary N) is 1. The van der Waals surface area contributed by atoms with Gasteiger partial charge in [-0.1, -0.05) is 6.07 Å². The number of carbonyl (C=O) groups is 1. The van der Waals surface area contributed by atoms with Crippen molar-refractivity contribution in [1.82, 2.24) is 29.7 Å². The molecular weight excluding hydrogens is 418 g/mol. The second-order valence-electron chi connectivity index (χ2n) is 8.45. The lowest BCUT2D eigenvalue weighted by Gasteiger charge is -2.46. The predicted molar refractivity (Wildman–Crippen MR) is 122 cm³/mol. The summed E-state index contributed by atoms with van der Waals surface area (Å²) in [5.74, 6) is 0.843. The van der Waals surface area contributed by atoms with Crippen molar-refractivity contribution in [2.45, 2.75) is 18.4 Å². The van der Waals surface area contributed by atoms with E-state index in [1.807, 2.05) is 41.3 Å². The normalized spacial score (nSPS) is 16.1. The smallest absolute Gasteiger partial charge is 0.253 e. The van der Waals surface area contributed by atoms with Gasteiger partial charge in [0.15, 0.2) is 0 Å². The highest BCUT2D eigenvalue weighted by Crippen LogP contribution is 2.44. The zero-order chi connectivity index (χ0) is 22.4. The molecular formula is C24H23N7O2. The molecule has 2 aliphatic rings. The molecule has 9 heteroatoms. The Morgan fingerprint density at radius 1 is 1.09 bits per heavy atom. The first-order chi connectivity index (χ1) is 16.2. The van der Waals surface area contributed by atoms with Gasteiger partial charge in [-0.15, -0.1) is 5.10 Å². The Morgan fingerprint density at radius 2 is 1.97 bits per heavy atom. The van der Waals surface area contributed by atoms with E-state index in [9.17, 15) is 4.79 Å². The van der Waals surface area contributed by atoms with Crippen molar-refractivity contribution in [3.63, 3.8) is 0 Å². The van der Waals surface area contributed by atoms with Crippen molar-refractivity contribution in [2.24, 2.45) is 0 Å². The lowest BCUT2D eigenvalue weighted by atomic mass is 9.82. The Hall–Kier alpha value is -4.14. The highest BCUT2D eigenvalue weighted by atomic mass is 16.5. The Bertz CT molecular complexity index is 1320. The topological polar surface area (TPSA) is 90.1 Å². The van der Waals surface area contributed by atoms with Crippen LogP contribution in [0.25, 0.3) is 11.4 Å². The maximum Gasteiger partial charge on any atom is 0.253 e. The van der Waals surface area contributed by atoms with E-state index in [0.29, 0.717) is 18.7 Å². The summed E-state index contributed by atoms with van der Waals surface area (Å²) in [5.41, 5.74) is 4.55. The summed E-state index contributed by atoms with van der Waals surface area (Å²) in [5, 5.41) is 15.1. The summed E-state index contributed by atoms with van der Waals surface area (Å²) in [4.78, 5) is 15.2. The molecule has 0 saturated carbocycles. The predicted octanol–water partition coefficient (Wildman–Crippen LogP) is 3.02. The second-order valence-corrected chi connectivity index (χ2v) is 8.45. The minimum Gasteiger partial charge on any atom is -0.497 e. The largest absolute Gasteiger partial charge is 0.497 e. The number of piperidine rings is 1. The Balaban J connectivity index is 1.25. The molecule has 1 fully saturated rings. The van der Waals surface area contributed by atoms with Crippen LogP contribution in [0.4, 0.5) is 5.69 Å². The van der Waals surface area contributed by atoms with E-state index in [0.717, 1.165) is 35.7 Å². The highest BCUT2D eigenvalue weighted by molar-refractivity contribution is 5.95. The van der Waals surface area contributed by atoms with Gasteiger partial charge in [-0.05, 0) is 65.7 Å². The molecule has 0 aliphatic carbocycles. The van der Waals surface area contributed by atoms with E-state index in [-0.39, 0.29) is 11.4 Å². The first-order valence-corrected chi connectivity index (χ1v) is 10.9. The maximum atomic E-state index is 13.3. The average molecular weight is 441 g/mol. The fraction of sp³-hybridized carbons (Fsp3) is 0.250. The number of anilines is 1. The van der Waals surface area contributed by atoms with E-state index >= 15 is 0 Å². The average Bonchev–Trinajstić information content (AvgIpc) is 3.57. The molecule has 6 rings (SSSR count). The number of methoxy groups -OCH3 is 1. The monoisotopic (exact) mass is 441 g/mol. The van der Waals surface area contributed by atoms with Gasteiger partial charge in [-0.3, -0.25) is 4.79 Å². The lowest BCUT2D eigenvalue weighted by molar-refractivity contribution is 0.0676. The highest BCUT2D eigenvalue weighted by Gasteiger charge is 2.42. The summed E-state index contributed by atoms with van der Waals surface area (Å²) in [6.07, 6.45) is 5.24. The fourth-order valence-corrected chi connectivity index (χ4v) is 4.97. The molecule has 0 radical (unpaired) electrons. The summed E-state index contributed by atoms with van der Waals surface area (Å²) in [6, 6.07) is 17.8. The van der Waals surface area contributed by atoms with Crippen molar-refractivity contribution in [2.75, 3.05) is 25.5 Å². The molecule has 0 atom stereocenters. The second kappa shape index (κ2) is 7.47. The van der Waals surface area contributed by atoms with Crippen molar-refractivity contribution in [3.05, 3.63) is 78.4 Å². The van der Waals surface area contributed by atoms with Crippen LogP contribution >= 0.6 is 0 Å². The summed E-state index contributed by atoms with van der Waals surface area (Å²) in [7, 11) is 1.68. The van der Waals surface area contributed by atoms with Gasteiger partial charge in [0.25, 0.3) is 5.91 Å². The minimum atomic E-state index is -0.228. The van der Waals surface area contributed by atoms with Crippen LogP contribution in [0.1, 0.15) is 28.9 Å². The number of benzene rings is 2. The van der Waals surface area contributed by atoms with Crippen LogP contribution < -0.4 is 10.1 Å². The molecule has 2 aromatic carbocycles. The molecule has 4 heterocycles. The Kier molecular flexibility index (Phi) is 4.42. The Labute approximate surface area is 190 Å². The molecule has 166 valence electrons. The van der Waals surface area contributed by atoms with Crippen LogP contribution in [0.5, 0.6) is 5.75 Å². The first kappa shape index (κ1) is 19.5. The van der Waals surface area contributed by atoms with Crippen LogP contribution in [-0.4, -0.2) is 55.8 Å². The SMILES string of the molecule is COc1ccc2c(c1)NC1(CCN(C(=O)c3cccc(-n4cnnn4)c3)CC1)c1cccn1-2. The van der Waals surface area contributed by atoms with Gasteiger partial charge >= 0.3 is 0 Å². The van der Waals surface area contributed by atoms with Gasteiger partial charge in [0.1, 0.15) is 12.1 Å². The quantitative estimate of drug-likeness (QED) is 0.526. The van der Waals surface area contributed by atoms with Gasteiger partial charge in [-0.25, -0.2) is 4.68 Å². The van der Waals surface area contributed by atoms with E-state index in [4.69, 9.17) is 4.74 Å². The molecule has 1 amide bonds. The third-order valence-electron chi connectivity index (χ3n) is 6.69. The number of aromatic nitrogens is 5. The zero-order valence-corrected chi connectivity index (χ0v) is 18.2. The molecule has 1 spiro atoms. The molecule has 0 unspecified atom stereocenters. The summed E-state index contributed by atoms with van der Waals surface area (Å²) in [6.45, 7) is 1.32. The number of fused-ring (bicyclic) bond motifs is 4. The zero-order valence-electron chi connectivity index (χ0n) is 18.2. The standard InChI is InChI=1S/C24H23N7O2/c1-33-19-7-8-21-20(15-19)26-24(22-6-3-11-30(21)22)9-12-29(13-10-24)23(32)17-4-2-5-18(14-17)31-16-25-27-28-31/h2-8,11,14-16,26H,9-10,12-13H2,1H3. The maximum absolute atomic E-state index is 13.3. The van der Waals surface area contributed by atoms with Crippen molar-refractivity contribution < 1.29 is 9.53 Å². The van der Waals surface area contributed by atoms with Crippen LogP contribution in [-0.2, 0) is 5.54 Å². The van der Waals surface area contributed by atoms with E-state index < -0.39 is 0 Å². The number of nitrogens with zero attached hydrogens (tertiary/aromatic N) is 6. The number of rotatable bonds is 3. The van der Waals surface area contributed by atoms with Gasteiger partial charge < -0.3 is 19.5 Å². The van der Waals surface area contributed by atoms with Gasteiger partial charge in [0.2, 0.25) is 0 Å². The van der Waals surface area contributed by atoms with Gasteiger partial charge in [0, 0.05) is 36.6 Å². The van der Waals surface area contributed by atoms with Crippen molar-refractivity contribution in [1.29, 1.82) is 0 Å². The number of hydrogen-bond donors (Lipinski definition) is 1. The van der Waals surface area contributed by atoms with E-state index in [2.05, 4.69) is 49.8 Å². The Morgan fingerprint density at radius 3 is 2.76 bits per heavy atom. The van der Waals surface area contributed by atoms with Crippen molar-refractivity contribution in [3.8, 4) is 17.1 Å². The summed E-state index contributed by atoms with van der Waals surface area (Å²) >= 11 is 0. The molecule has 0 bridgehead atoms. The molecule has 1 saturated heterocycles. The number of amides is 1. The van der Waals surface area contributed by atoms with E-state index in [1.54, 1.807) is 11.8 Å². The molecule has 33 heavy (non-hydrogen) atoms. The number of ether oxygens (including phenoxy) is 1. The van der Waals surface area contributed by atoms with Crippen LogP contribution in [0.2, 0.25) is 0 Å². The third kappa shape index (κ3) is 3.15. The number of carbonyl (C=O) groups excluding carboxylic acids is 1. The minimum absolute atomic E-state index is 0.0213. The van der Waals surface area contributed by atoms with Crippen LogP contribution in [0.15, 0.2) is 67.1 Å². The van der Waals surface area contributed by atoms with Crippen molar-refractivity contribution >= 4 is 11.6 Å².